The van der Waals surface area contributed by atoms with Crippen molar-refractivity contribution < 1.29 is 4.39 Å². The quantitative estimate of drug-likeness (QED) is 0.159. The zero-order valence-electron chi connectivity index (χ0n) is 15.6. The number of rotatable bonds is 8. The van der Waals surface area contributed by atoms with E-state index in [9.17, 15) is 4.39 Å². The van der Waals surface area contributed by atoms with E-state index < -0.39 is 0 Å². The highest BCUT2D eigenvalue weighted by atomic mass is 127. The molecular formula is C19H24FIN6S. The molecule has 2 N–H and O–H groups in total. The third-order valence-corrected chi connectivity index (χ3v) is 5.04. The molecule has 0 unspecified atom stereocenters. The molecule has 9 heteroatoms. The molecule has 0 amide bonds. The Hall–Kier alpha value is -1.88. The van der Waals surface area contributed by atoms with Gasteiger partial charge in [0, 0.05) is 37.7 Å². The molecular weight excluding hydrogens is 490 g/mol. The Kier molecular flexibility index (Phi) is 9.48. The Morgan fingerprint density at radius 1 is 1.11 bits per heavy atom. The van der Waals surface area contributed by atoms with Crippen molar-refractivity contribution >= 4 is 47.3 Å². The van der Waals surface area contributed by atoms with Crippen LogP contribution in [0.3, 0.4) is 0 Å². The second-order valence-corrected chi connectivity index (χ2v) is 7.05. The van der Waals surface area contributed by atoms with E-state index in [1.807, 2.05) is 40.9 Å². The molecule has 0 aliphatic heterocycles. The van der Waals surface area contributed by atoms with E-state index in [0.29, 0.717) is 0 Å². The highest BCUT2D eigenvalue weighted by molar-refractivity contribution is 14.0. The van der Waals surface area contributed by atoms with E-state index in [1.54, 1.807) is 18.8 Å². The molecule has 0 aliphatic carbocycles. The molecule has 0 spiro atoms. The fraction of sp³-hybridized carbons (Fsp3) is 0.316. The molecule has 3 aromatic rings. The standard InChI is InChI=1S/C19H23FN6S.HI/c1-21-19(22-11-4-14-27-16-8-6-15(20)7-9-16)23-12-10-18-25-24-17-5-2-3-13-26(17)18;/h2-3,5-9,13H,4,10-12,14H2,1H3,(H2,21,22,23);1H. The Labute approximate surface area is 185 Å². The van der Waals surface area contributed by atoms with Crippen molar-refractivity contribution in [3.63, 3.8) is 0 Å². The van der Waals surface area contributed by atoms with Gasteiger partial charge in [0.15, 0.2) is 11.6 Å². The Morgan fingerprint density at radius 2 is 1.89 bits per heavy atom. The predicted octanol–water partition coefficient (Wildman–Crippen LogP) is 3.38. The van der Waals surface area contributed by atoms with Crippen LogP contribution in [-0.2, 0) is 6.42 Å². The van der Waals surface area contributed by atoms with Crippen LogP contribution in [-0.4, -0.2) is 46.4 Å². The summed E-state index contributed by atoms with van der Waals surface area (Å²) in [6.07, 6.45) is 3.71. The van der Waals surface area contributed by atoms with Crippen molar-refractivity contribution in [2.75, 3.05) is 25.9 Å². The van der Waals surface area contributed by atoms with E-state index in [-0.39, 0.29) is 29.8 Å². The summed E-state index contributed by atoms with van der Waals surface area (Å²) in [7, 11) is 1.76. The van der Waals surface area contributed by atoms with Gasteiger partial charge in [-0.05, 0) is 48.6 Å². The lowest BCUT2D eigenvalue weighted by atomic mass is 10.4. The monoisotopic (exact) mass is 514 g/mol. The van der Waals surface area contributed by atoms with E-state index in [2.05, 4.69) is 25.8 Å². The van der Waals surface area contributed by atoms with E-state index in [4.69, 9.17) is 0 Å². The SMILES string of the molecule is CN=C(NCCCSc1ccc(F)cc1)NCCc1nnc2ccccn12.I. The van der Waals surface area contributed by atoms with Crippen LogP contribution in [0.4, 0.5) is 4.39 Å². The van der Waals surface area contributed by atoms with E-state index >= 15 is 0 Å². The number of guanidine groups is 1. The zero-order valence-corrected chi connectivity index (χ0v) is 18.8. The van der Waals surface area contributed by atoms with Gasteiger partial charge in [0.2, 0.25) is 0 Å². The van der Waals surface area contributed by atoms with Crippen LogP contribution in [0.1, 0.15) is 12.2 Å². The van der Waals surface area contributed by atoms with Crippen LogP contribution < -0.4 is 10.6 Å². The van der Waals surface area contributed by atoms with Crippen LogP contribution in [0.2, 0.25) is 0 Å². The zero-order chi connectivity index (χ0) is 18.9. The predicted molar refractivity (Wildman–Crippen MR) is 123 cm³/mol. The second kappa shape index (κ2) is 11.8. The molecule has 3 rings (SSSR count). The highest BCUT2D eigenvalue weighted by Crippen LogP contribution is 2.18. The van der Waals surface area contributed by atoms with Crippen molar-refractivity contribution in [2.24, 2.45) is 4.99 Å². The molecule has 0 fully saturated rings. The van der Waals surface area contributed by atoms with Gasteiger partial charge in [-0.15, -0.1) is 45.9 Å². The third-order valence-electron chi connectivity index (χ3n) is 3.94. The molecule has 150 valence electrons. The van der Waals surface area contributed by atoms with Gasteiger partial charge in [0.05, 0.1) is 0 Å². The molecule has 0 atom stereocenters. The summed E-state index contributed by atoms with van der Waals surface area (Å²) >= 11 is 1.72. The molecule has 0 saturated heterocycles. The average Bonchev–Trinajstić information content (AvgIpc) is 3.11. The minimum atomic E-state index is -0.199. The number of aromatic nitrogens is 3. The van der Waals surface area contributed by atoms with Crippen LogP contribution in [0.5, 0.6) is 0 Å². The van der Waals surface area contributed by atoms with Gasteiger partial charge < -0.3 is 10.6 Å². The lowest BCUT2D eigenvalue weighted by Crippen LogP contribution is -2.39. The number of nitrogens with zero attached hydrogens (tertiary/aromatic N) is 4. The summed E-state index contributed by atoms with van der Waals surface area (Å²) < 4.78 is 14.9. The number of fused-ring (bicyclic) bond motifs is 1. The minimum absolute atomic E-state index is 0. The number of thioether (sulfide) groups is 1. The Morgan fingerprint density at radius 3 is 2.68 bits per heavy atom. The molecule has 0 saturated carbocycles. The fourth-order valence-corrected chi connectivity index (χ4v) is 3.43. The van der Waals surface area contributed by atoms with E-state index in [1.165, 1.54) is 12.1 Å². The normalized spacial score (nSPS) is 11.3. The lowest BCUT2D eigenvalue weighted by molar-refractivity contribution is 0.626. The first-order valence-corrected chi connectivity index (χ1v) is 9.86. The lowest BCUT2D eigenvalue weighted by Gasteiger charge is -2.11. The largest absolute Gasteiger partial charge is 0.356 e. The number of hydrogen-bond acceptors (Lipinski definition) is 4. The third kappa shape index (κ3) is 6.62. The molecule has 6 nitrogen and oxygen atoms in total. The maximum atomic E-state index is 12.9. The Balaban J connectivity index is 0.00000280. The van der Waals surface area contributed by atoms with Crippen molar-refractivity contribution in [1.82, 2.24) is 25.2 Å². The highest BCUT2D eigenvalue weighted by Gasteiger charge is 2.05. The van der Waals surface area contributed by atoms with Gasteiger partial charge in [-0.3, -0.25) is 9.39 Å². The summed E-state index contributed by atoms with van der Waals surface area (Å²) in [5.74, 6) is 2.45. The first kappa shape index (κ1) is 22.4. The first-order chi connectivity index (χ1) is 13.3. The maximum absolute atomic E-state index is 12.9. The number of pyridine rings is 1. The van der Waals surface area contributed by atoms with Crippen molar-refractivity contribution in [3.8, 4) is 0 Å². The molecule has 0 bridgehead atoms. The van der Waals surface area contributed by atoms with Crippen LogP contribution in [0, 0.1) is 5.82 Å². The average molecular weight is 514 g/mol. The topological polar surface area (TPSA) is 66.6 Å². The van der Waals surface area contributed by atoms with Gasteiger partial charge in [-0.1, -0.05) is 6.07 Å². The number of halogens is 2. The van der Waals surface area contributed by atoms with Gasteiger partial charge >= 0.3 is 0 Å². The van der Waals surface area contributed by atoms with Gasteiger partial charge in [-0.25, -0.2) is 4.39 Å². The molecule has 1 aromatic carbocycles. The maximum Gasteiger partial charge on any atom is 0.190 e. The molecule has 28 heavy (non-hydrogen) atoms. The minimum Gasteiger partial charge on any atom is -0.356 e. The van der Waals surface area contributed by atoms with Crippen LogP contribution in [0.15, 0.2) is 58.5 Å². The number of hydrogen-bond donors (Lipinski definition) is 2. The molecule has 0 aliphatic rings. The molecule has 2 heterocycles. The smallest absolute Gasteiger partial charge is 0.190 e. The second-order valence-electron chi connectivity index (χ2n) is 5.88. The number of aliphatic imine (C=N–C) groups is 1. The molecule has 0 radical (unpaired) electrons. The number of benzene rings is 1. The van der Waals surface area contributed by atoms with Gasteiger partial charge in [0.1, 0.15) is 11.6 Å². The van der Waals surface area contributed by atoms with Crippen molar-refractivity contribution in [3.05, 3.63) is 60.3 Å². The van der Waals surface area contributed by atoms with Crippen molar-refractivity contribution in [2.45, 2.75) is 17.7 Å². The molecule has 2 aromatic heterocycles. The Bertz CT molecular complexity index is 884. The van der Waals surface area contributed by atoms with Crippen LogP contribution >= 0.6 is 35.7 Å². The first-order valence-electron chi connectivity index (χ1n) is 8.88. The summed E-state index contributed by atoms with van der Waals surface area (Å²) in [6, 6.07) is 12.5. The van der Waals surface area contributed by atoms with Crippen LogP contribution in [0.25, 0.3) is 5.65 Å². The summed E-state index contributed by atoms with van der Waals surface area (Å²) in [5, 5.41) is 15.0. The van der Waals surface area contributed by atoms with E-state index in [0.717, 1.165) is 54.0 Å². The van der Waals surface area contributed by atoms with Crippen molar-refractivity contribution in [1.29, 1.82) is 0 Å². The number of nitrogens with one attached hydrogen (secondary N) is 2. The van der Waals surface area contributed by atoms with Gasteiger partial charge in [0.25, 0.3) is 0 Å². The fourth-order valence-electron chi connectivity index (χ4n) is 2.57. The van der Waals surface area contributed by atoms with Gasteiger partial charge in [-0.2, -0.15) is 0 Å². The summed E-state index contributed by atoms with van der Waals surface area (Å²) in [4.78, 5) is 5.32. The summed E-state index contributed by atoms with van der Waals surface area (Å²) in [5.41, 5.74) is 0.855. The summed E-state index contributed by atoms with van der Waals surface area (Å²) in [6.45, 7) is 1.54.